The molecule has 7 nitrogen and oxygen atoms in total. The summed E-state index contributed by atoms with van der Waals surface area (Å²) in [4.78, 5) is 33.1. The van der Waals surface area contributed by atoms with Gasteiger partial charge in [0.15, 0.2) is 0 Å². The molecule has 3 aliphatic rings. The van der Waals surface area contributed by atoms with E-state index in [1.165, 1.54) is 14.2 Å². The lowest BCUT2D eigenvalue weighted by atomic mass is 9.62. The standard InChI is InChI=1S/C27H22N2O5/c1-29-23(30)20-15-9-10-16-21(20)26(24(29)31)25(17-18-11-5-3-6-12-18)27(32-2,34-26)33-22(28-25)19-13-7-4-8-14-19/h3-16H,17H2,1-2H3/t25-,26+,27+/m0/s1. The van der Waals surface area contributed by atoms with Crippen molar-refractivity contribution in [2.24, 2.45) is 4.99 Å². The lowest BCUT2D eigenvalue weighted by Gasteiger charge is -2.62. The molecule has 0 radical (unpaired) electrons. The lowest BCUT2D eigenvalue weighted by Crippen LogP contribution is -2.84. The van der Waals surface area contributed by atoms with Crippen molar-refractivity contribution in [2.45, 2.75) is 23.5 Å². The second-order valence-electron chi connectivity index (χ2n) is 8.67. The maximum atomic E-state index is 13.9. The highest BCUT2D eigenvalue weighted by atomic mass is 16.9. The monoisotopic (exact) mass is 454 g/mol. The van der Waals surface area contributed by atoms with Gasteiger partial charge in [0.1, 0.15) is 0 Å². The quantitative estimate of drug-likeness (QED) is 0.566. The normalized spacial score (nSPS) is 29.2. The van der Waals surface area contributed by atoms with E-state index in [-0.39, 0.29) is 5.91 Å². The molecule has 3 atom stereocenters. The molecule has 7 heteroatoms. The van der Waals surface area contributed by atoms with Crippen LogP contribution < -0.4 is 0 Å². The van der Waals surface area contributed by atoms with E-state index in [1.54, 1.807) is 24.3 Å². The van der Waals surface area contributed by atoms with Crippen LogP contribution in [0.25, 0.3) is 0 Å². The minimum absolute atomic E-state index is 0.292. The fourth-order valence-electron chi connectivity index (χ4n) is 5.33. The van der Waals surface area contributed by atoms with Gasteiger partial charge in [-0.3, -0.25) is 19.2 Å². The third-order valence-electron chi connectivity index (χ3n) is 6.94. The predicted molar refractivity (Wildman–Crippen MR) is 123 cm³/mol. The number of imide groups is 1. The fraction of sp³-hybridized carbons (Fsp3) is 0.222. The van der Waals surface area contributed by atoms with Crippen molar-refractivity contribution < 1.29 is 23.8 Å². The van der Waals surface area contributed by atoms with E-state index in [9.17, 15) is 9.59 Å². The summed E-state index contributed by atoms with van der Waals surface area (Å²) in [6.07, 6.45) is 0.292. The predicted octanol–water partition coefficient (Wildman–Crippen LogP) is 3.28. The first-order valence-electron chi connectivity index (χ1n) is 11.0. The van der Waals surface area contributed by atoms with Gasteiger partial charge in [0.2, 0.25) is 17.0 Å². The highest BCUT2D eigenvalue weighted by Crippen LogP contribution is 2.65. The Bertz CT molecular complexity index is 1340. The second kappa shape index (κ2) is 7.09. The van der Waals surface area contributed by atoms with Crippen LogP contribution in [0, 0.1) is 0 Å². The van der Waals surface area contributed by atoms with Crippen molar-refractivity contribution in [2.75, 3.05) is 14.2 Å². The maximum absolute atomic E-state index is 13.9. The number of carbonyl (C=O) groups is 2. The number of nitrogens with zero attached hydrogens (tertiary/aromatic N) is 2. The summed E-state index contributed by atoms with van der Waals surface area (Å²) in [5, 5.41) is 0. The SMILES string of the molecule is CO[C@@]12OC(c3ccccc3)=N[C@@]1(Cc1ccccc1)[C@]1(O2)C(=O)N(C)C(=O)c2ccccc21. The van der Waals surface area contributed by atoms with E-state index in [0.29, 0.717) is 23.4 Å². The molecule has 0 bridgehead atoms. The smallest absolute Gasteiger partial charge is 0.360 e. The Morgan fingerprint density at radius 3 is 2.26 bits per heavy atom. The first kappa shape index (κ1) is 20.8. The van der Waals surface area contributed by atoms with Crippen molar-refractivity contribution in [3.05, 3.63) is 107 Å². The van der Waals surface area contributed by atoms with Crippen molar-refractivity contribution in [3.63, 3.8) is 0 Å². The van der Waals surface area contributed by atoms with Crippen LogP contribution >= 0.6 is 0 Å². The highest BCUT2D eigenvalue weighted by Gasteiger charge is 2.87. The number of rotatable bonds is 4. The van der Waals surface area contributed by atoms with Crippen LogP contribution in [0.1, 0.15) is 27.0 Å². The first-order chi connectivity index (χ1) is 16.5. The topological polar surface area (TPSA) is 77.4 Å². The Kier molecular flexibility index (Phi) is 4.33. The van der Waals surface area contributed by atoms with Crippen LogP contribution in [0.4, 0.5) is 0 Å². The first-order valence-corrected chi connectivity index (χ1v) is 11.0. The summed E-state index contributed by atoms with van der Waals surface area (Å²) in [5.41, 5.74) is -0.394. The molecule has 3 aromatic rings. The summed E-state index contributed by atoms with van der Waals surface area (Å²) in [7, 11) is 2.94. The molecule has 3 heterocycles. The number of carbonyl (C=O) groups excluding carboxylic acids is 2. The number of likely N-dealkylation sites (N-methyl/N-ethyl adjacent to an activating group) is 1. The van der Waals surface area contributed by atoms with Gasteiger partial charge >= 0.3 is 5.97 Å². The van der Waals surface area contributed by atoms with Gasteiger partial charge in [-0.05, 0) is 23.8 Å². The van der Waals surface area contributed by atoms with E-state index in [2.05, 4.69) is 0 Å². The van der Waals surface area contributed by atoms with Crippen LogP contribution in [-0.2, 0) is 31.0 Å². The Labute approximate surface area is 196 Å². The maximum Gasteiger partial charge on any atom is 0.360 e. The zero-order chi connectivity index (χ0) is 23.6. The minimum atomic E-state index is -1.64. The van der Waals surface area contributed by atoms with Crippen molar-refractivity contribution in [1.29, 1.82) is 0 Å². The van der Waals surface area contributed by atoms with Crippen LogP contribution in [-0.4, -0.2) is 48.3 Å². The molecule has 170 valence electrons. The van der Waals surface area contributed by atoms with Crippen molar-refractivity contribution in [1.82, 2.24) is 4.90 Å². The molecule has 2 amide bonds. The average molecular weight is 454 g/mol. The van der Waals surface area contributed by atoms with E-state index < -0.39 is 23.0 Å². The largest absolute Gasteiger partial charge is 0.419 e. The third-order valence-corrected chi connectivity index (χ3v) is 6.94. The molecule has 0 aliphatic carbocycles. The Morgan fingerprint density at radius 1 is 0.912 bits per heavy atom. The summed E-state index contributed by atoms with van der Waals surface area (Å²) < 4.78 is 18.5. The Balaban J connectivity index is 1.64. The van der Waals surface area contributed by atoms with Gasteiger partial charge < -0.3 is 9.47 Å². The Hall–Kier alpha value is -3.81. The van der Waals surface area contributed by atoms with Gasteiger partial charge in [-0.1, -0.05) is 66.7 Å². The highest BCUT2D eigenvalue weighted by molar-refractivity contribution is 6.14. The minimum Gasteiger partial charge on any atom is -0.419 e. The molecule has 1 fully saturated rings. The molecule has 3 aliphatic heterocycles. The van der Waals surface area contributed by atoms with Gasteiger partial charge in [-0.25, -0.2) is 4.99 Å². The van der Waals surface area contributed by atoms with E-state index >= 15 is 0 Å². The van der Waals surface area contributed by atoms with E-state index in [0.717, 1.165) is 16.0 Å². The number of aliphatic imine (C=N–C) groups is 1. The molecule has 0 unspecified atom stereocenters. The number of fused-ring (bicyclic) bond motifs is 4. The molecule has 0 N–H and O–H groups in total. The molecule has 0 saturated carbocycles. The fourth-order valence-corrected chi connectivity index (χ4v) is 5.33. The van der Waals surface area contributed by atoms with E-state index in [1.807, 2.05) is 60.7 Å². The molecule has 1 spiro atoms. The Morgan fingerprint density at radius 2 is 1.56 bits per heavy atom. The lowest BCUT2D eigenvalue weighted by molar-refractivity contribution is -0.489. The van der Waals surface area contributed by atoms with Gasteiger partial charge in [-0.15, -0.1) is 0 Å². The van der Waals surface area contributed by atoms with Gasteiger partial charge in [0.25, 0.3) is 11.8 Å². The third kappa shape index (κ3) is 2.40. The molecule has 1 saturated heterocycles. The van der Waals surface area contributed by atoms with Gasteiger partial charge in [0, 0.05) is 37.3 Å². The number of hydrogen-bond acceptors (Lipinski definition) is 6. The van der Waals surface area contributed by atoms with Crippen molar-refractivity contribution >= 4 is 17.7 Å². The average Bonchev–Trinajstić information content (AvgIpc) is 3.14. The molecule has 6 rings (SSSR count). The van der Waals surface area contributed by atoms with Gasteiger partial charge in [-0.2, -0.15) is 0 Å². The molecule has 3 aromatic carbocycles. The number of benzene rings is 3. The number of ether oxygens (including phenoxy) is 3. The summed E-state index contributed by atoms with van der Waals surface area (Å²) >= 11 is 0. The number of methoxy groups -OCH3 is 1. The van der Waals surface area contributed by atoms with E-state index in [4.69, 9.17) is 19.2 Å². The molecule has 0 aromatic heterocycles. The number of amides is 2. The summed E-state index contributed by atoms with van der Waals surface area (Å²) in [6.45, 7) is 0. The second-order valence-corrected chi connectivity index (χ2v) is 8.67. The van der Waals surface area contributed by atoms with Crippen LogP contribution in [0.3, 0.4) is 0 Å². The zero-order valence-electron chi connectivity index (χ0n) is 18.7. The summed E-state index contributed by atoms with van der Waals surface area (Å²) in [5.74, 6) is -2.20. The van der Waals surface area contributed by atoms with Gasteiger partial charge in [0.05, 0.1) is 0 Å². The summed E-state index contributed by atoms with van der Waals surface area (Å²) in [6, 6.07) is 26.1. The molecular weight excluding hydrogens is 432 g/mol. The van der Waals surface area contributed by atoms with Crippen LogP contribution in [0.15, 0.2) is 89.9 Å². The number of hydrogen-bond donors (Lipinski definition) is 0. The van der Waals surface area contributed by atoms with Crippen LogP contribution in [0.2, 0.25) is 0 Å². The molecule has 34 heavy (non-hydrogen) atoms. The van der Waals surface area contributed by atoms with Crippen molar-refractivity contribution in [3.8, 4) is 0 Å². The zero-order valence-corrected chi connectivity index (χ0v) is 18.7. The van der Waals surface area contributed by atoms with Crippen LogP contribution in [0.5, 0.6) is 0 Å². The molecular formula is C27H22N2O5.